The number of carbonyl (C=O) groups excluding carboxylic acids is 1. The molecule has 0 unspecified atom stereocenters. The first-order valence-electron chi connectivity index (χ1n) is 8.65. The summed E-state index contributed by atoms with van der Waals surface area (Å²) >= 11 is 0. The zero-order chi connectivity index (χ0) is 17.9. The Bertz CT molecular complexity index is 919. The average Bonchev–Trinajstić information content (AvgIpc) is 3.35. The van der Waals surface area contributed by atoms with Gasteiger partial charge in [0.25, 0.3) is 0 Å². The van der Waals surface area contributed by atoms with E-state index in [9.17, 15) is 9.18 Å². The first-order valence-corrected chi connectivity index (χ1v) is 8.65. The molecule has 2 aromatic carbocycles. The Hall–Kier alpha value is -3.15. The Morgan fingerprint density at radius 3 is 2.62 bits per heavy atom. The van der Waals surface area contributed by atoms with Crippen LogP contribution in [0.4, 0.5) is 20.7 Å². The van der Waals surface area contributed by atoms with Crippen LogP contribution in [0.5, 0.6) is 0 Å². The summed E-state index contributed by atoms with van der Waals surface area (Å²) in [5.74, 6) is 0.882. The van der Waals surface area contributed by atoms with Crippen molar-refractivity contribution >= 4 is 17.5 Å². The van der Waals surface area contributed by atoms with E-state index in [1.807, 2.05) is 36.4 Å². The third-order valence-corrected chi connectivity index (χ3v) is 4.28. The standard InChI is InChI=1S/C20H19FN4O/c21-15-5-4-6-16(12-15)22-20(26)23-19-13-17(11-14-9-10-14)24-25(19)18-7-2-1-3-8-18/h1-8,12-14H,9-11H2,(H2,22,23,26). The fourth-order valence-corrected chi connectivity index (χ4v) is 2.85. The molecule has 0 aliphatic heterocycles. The highest BCUT2D eigenvalue weighted by Gasteiger charge is 2.24. The van der Waals surface area contributed by atoms with Crippen molar-refractivity contribution in [3.63, 3.8) is 0 Å². The van der Waals surface area contributed by atoms with Crippen LogP contribution < -0.4 is 10.6 Å². The highest BCUT2D eigenvalue weighted by Crippen LogP contribution is 2.33. The fraction of sp³-hybridized carbons (Fsp3) is 0.200. The van der Waals surface area contributed by atoms with Crippen molar-refractivity contribution in [1.82, 2.24) is 9.78 Å². The molecular weight excluding hydrogens is 331 g/mol. The van der Waals surface area contributed by atoms with Crippen LogP contribution in [0, 0.1) is 11.7 Å². The summed E-state index contributed by atoms with van der Waals surface area (Å²) < 4.78 is 15.0. The topological polar surface area (TPSA) is 59.0 Å². The lowest BCUT2D eigenvalue weighted by Crippen LogP contribution is -2.21. The van der Waals surface area contributed by atoms with Gasteiger partial charge >= 0.3 is 6.03 Å². The number of hydrogen-bond donors (Lipinski definition) is 2. The SMILES string of the molecule is O=C(Nc1cccc(F)c1)Nc1cc(CC2CC2)nn1-c1ccccc1. The van der Waals surface area contributed by atoms with E-state index in [0.29, 0.717) is 17.4 Å². The van der Waals surface area contributed by atoms with E-state index in [2.05, 4.69) is 15.7 Å². The summed E-state index contributed by atoms with van der Waals surface area (Å²) in [6.45, 7) is 0. The molecule has 1 aromatic heterocycles. The van der Waals surface area contributed by atoms with E-state index in [4.69, 9.17) is 0 Å². The maximum Gasteiger partial charge on any atom is 0.324 e. The molecule has 132 valence electrons. The van der Waals surface area contributed by atoms with Gasteiger partial charge in [-0.3, -0.25) is 5.32 Å². The molecule has 5 nitrogen and oxygen atoms in total. The molecule has 3 aromatic rings. The molecule has 0 radical (unpaired) electrons. The minimum Gasteiger partial charge on any atom is -0.308 e. The normalized spacial score (nSPS) is 13.4. The fourth-order valence-electron chi connectivity index (χ4n) is 2.85. The maximum absolute atomic E-state index is 13.3. The van der Waals surface area contributed by atoms with Gasteiger partial charge in [0.05, 0.1) is 11.4 Å². The summed E-state index contributed by atoms with van der Waals surface area (Å²) in [6, 6.07) is 16.9. The van der Waals surface area contributed by atoms with Gasteiger partial charge < -0.3 is 5.32 Å². The summed E-state index contributed by atoms with van der Waals surface area (Å²) in [7, 11) is 0. The lowest BCUT2D eigenvalue weighted by Gasteiger charge is -2.10. The van der Waals surface area contributed by atoms with E-state index in [-0.39, 0.29) is 0 Å². The molecule has 0 saturated heterocycles. The molecule has 0 spiro atoms. The molecule has 0 atom stereocenters. The molecule has 1 aliphatic carbocycles. The van der Waals surface area contributed by atoms with Gasteiger partial charge in [-0.2, -0.15) is 5.10 Å². The smallest absolute Gasteiger partial charge is 0.308 e. The molecule has 6 heteroatoms. The largest absolute Gasteiger partial charge is 0.324 e. The number of hydrogen-bond acceptors (Lipinski definition) is 2. The van der Waals surface area contributed by atoms with Crippen molar-refractivity contribution in [2.24, 2.45) is 5.92 Å². The molecule has 26 heavy (non-hydrogen) atoms. The van der Waals surface area contributed by atoms with E-state index < -0.39 is 11.8 Å². The van der Waals surface area contributed by atoms with Crippen molar-refractivity contribution in [3.8, 4) is 5.69 Å². The molecule has 2 N–H and O–H groups in total. The lowest BCUT2D eigenvalue weighted by atomic mass is 10.2. The zero-order valence-corrected chi connectivity index (χ0v) is 14.2. The number of halogens is 1. The highest BCUT2D eigenvalue weighted by molar-refractivity contribution is 5.99. The molecule has 2 amide bonds. The zero-order valence-electron chi connectivity index (χ0n) is 14.2. The third kappa shape index (κ3) is 3.91. The van der Waals surface area contributed by atoms with Crippen LogP contribution in [-0.2, 0) is 6.42 Å². The second-order valence-electron chi connectivity index (χ2n) is 6.51. The number of nitrogens with one attached hydrogen (secondary N) is 2. The Balaban J connectivity index is 1.55. The predicted molar refractivity (Wildman–Crippen MR) is 99.0 cm³/mol. The summed E-state index contributed by atoms with van der Waals surface area (Å²) in [5, 5.41) is 10.1. The van der Waals surface area contributed by atoms with Crippen LogP contribution in [0.15, 0.2) is 60.7 Å². The van der Waals surface area contributed by atoms with E-state index in [1.54, 1.807) is 16.8 Å². The van der Waals surface area contributed by atoms with Crippen LogP contribution in [0.3, 0.4) is 0 Å². The number of amides is 2. The highest BCUT2D eigenvalue weighted by atomic mass is 19.1. The molecule has 1 heterocycles. The Morgan fingerprint density at radius 2 is 1.88 bits per heavy atom. The summed E-state index contributed by atoms with van der Waals surface area (Å²) in [5.41, 5.74) is 2.22. The maximum atomic E-state index is 13.3. The lowest BCUT2D eigenvalue weighted by molar-refractivity contribution is 0.262. The predicted octanol–water partition coefficient (Wildman–Crippen LogP) is 4.61. The Labute approximate surface area is 150 Å². The summed E-state index contributed by atoms with van der Waals surface area (Å²) in [4.78, 5) is 12.3. The van der Waals surface area contributed by atoms with Gasteiger partial charge in [-0.25, -0.2) is 13.9 Å². The molecule has 4 rings (SSSR count). The molecule has 0 bridgehead atoms. The van der Waals surface area contributed by atoms with Crippen molar-refractivity contribution in [1.29, 1.82) is 0 Å². The van der Waals surface area contributed by atoms with Crippen molar-refractivity contribution in [2.45, 2.75) is 19.3 Å². The minimum absolute atomic E-state index is 0.395. The van der Waals surface area contributed by atoms with Gasteiger partial charge in [0.1, 0.15) is 11.6 Å². The van der Waals surface area contributed by atoms with Crippen LogP contribution in [0.2, 0.25) is 0 Å². The van der Waals surface area contributed by atoms with Crippen LogP contribution in [-0.4, -0.2) is 15.8 Å². The first kappa shape index (κ1) is 16.3. The Kier molecular flexibility index (Phi) is 4.39. The molecule has 1 fully saturated rings. The van der Waals surface area contributed by atoms with Crippen LogP contribution in [0.1, 0.15) is 18.5 Å². The first-order chi connectivity index (χ1) is 12.7. The van der Waals surface area contributed by atoms with Crippen molar-refractivity contribution in [2.75, 3.05) is 10.6 Å². The molecule has 1 aliphatic rings. The number of urea groups is 1. The van der Waals surface area contributed by atoms with Gasteiger partial charge in [-0.1, -0.05) is 24.3 Å². The molecular formula is C20H19FN4O. The quantitative estimate of drug-likeness (QED) is 0.706. The van der Waals surface area contributed by atoms with Gasteiger partial charge in [0.2, 0.25) is 0 Å². The number of benzene rings is 2. The van der Waals surface area contributed by atoms with E-state index in [1.165, 1.54) is 25.0 Å². The molecule has 1 saturated carbocycles. The van der Waals surface area contributed by atoms with Gasteiger partial charge in [-0.05, 0) is 55.5 Å². The van der Waals surface area contributed by atoms with Crippen molar-refractivity contribution < 1.29 is 9.18 Å². The van der Waals surface area contributed by atoms with Gasteiger partial charge in [0.15, 0.2) is 0 Å². The number of rotatable bonds is 5. The van der Waals surface area contributed by atoms with E-state index >= 15 is 0 Å². The number of carbonyl (C=O) groups is 1. The number of aromatic nitrogens is 2. The van der Waals surface area contributed by atoms with Crippen molar-refractivity contribution in [3.05, 3.63) is 72.2 Å². The van der Waals surface area contributed by atoms with Crippen LogP contribution >= 0.6 is 0 Å². The van der Waals surface area contributed by atoms with E-state index in [0.717, 1.165) is 17.8 Å². The Morgan fingerprint density at radius 1 is 1.08 bits per heavy atom. The number of para-hydroxylation sites is 1. The van der Waals surface area contributed by atoms with Gasteiger partial charge in [0, 0.05) is 11.8 Å². The minimum atomic E-state index is -0.439. The monoisotopic (exact) mass is 350 g/mol. The van der Waals surface area contributed by atoms with Crippen LogP contribution in [0.25, 0.3) is 5.69 Å². The number of nitrogens with zero attached hydrogens (tertiary/aromatic N) is 2. The van der Waals surface area contributed by atoms with Gasteiger partial charge in [-0.15, -0.1) is 0 Å². The third-order valence-electron chi connectivity index (χ3n) is 4.28. The summed E-state index contributed by atoms with van der Waals surface area (Å²) in [6.07, 6.45) is 3.39. The second-order valence-corrected chi connectivity index (χ2v) is 6.51. The second kappa shape index (κ2) is 7.00. The number of anilines is 2. The average molecular weight is 350 g/mol.